The minimum absolute atomic E-state index is 0.104. The summed E-state index contributed by atoms with van der Waals surface area (Å²) in [5.41, 5.74) is 3.90. The Morgan fingerprint density at radius 3 is 2.78 bits per heavy atom. The van der Waals surface area contributed by atoms with E-state index < -0.39 is 5.41 Å². The number of anilines is 1. The van der Waals surface area contributed by atoms with Crippen molar-refractivity contribution >= 4 is 29.1 Å². The normalized spacial score (nSPS) is 24.9. The summed E-state index contributed by atoms with van der Waals surface area (Å²) < 4.78 is 6.16. The molecule has 0 aromatic heterocycles. The maximum Gasteiger partial charge on any atom is 0.235 e. The highest BCUT2D eigenvalue weighted by molar-refractivity contribution is 6.31. The smallest absolute Gasteiger partial charge is 0.235 e. The van der Waals surface area contributed by atoms with Gasteiger partial charge in [0, 0.05) is 48.8 Å². The lowest BCUT2D eigenvalue weighted by atomic mass is 9.73. The first-order valence-corrected chi connectivity index (χ1v) is 11.9. The standard InChI is InChI=1S/C25H30ClN3O3/c1-16-13-19(14-17-3-6-22(30)28(2)23(16)17)32-12-11-29-9-7-25(8-10-29)20-15-18(26)4-5-21(20)27-24(25)31/h4-5,14-16H,3,6-13H2,1-2H3,(H,27,31). The van der Waals surface area contributed by atoms with Gasteiger partial charge < -0.3 is 15.0 Å². The number of amides is 2. The SMILES string of the molecule is CC1CC(OCCN2CCC3(CC2)C(=O)Nc2ccc(Cl)cc23)=CC2=C1N(C)C(=O)CC2. The van der Waals surface area contributed by atoms with Gasteiger partial charge in [-0.05, 0) is 67.8 Å². The molecule has 1 atom stereocenters. The summed E-state index contributed by atoms with van der Waals surface area (Å²) >= 11 is 6.22. The third-order valence-electron chi connectivity index (χ3n) is 7.57. The molecule has 0 saturated carbocycles. The van der Waals surface area contributed by atoms with Crippen molar-refractivity contribution in [2.75, 3.05) is 38.6 Å². The van der Waals surface area contributed by atoms with E-state index in [0.717, 1.165) is 68.0 Å². The predicted octanol–water partition coefficient (Wildman–Crippen LogP) is 4.07. The van der Waals surface area contributed by atoms with Gasteiger partial charge >= 0.3 is 0 Å². The lowest BCUT2D eigenvalue weighted by Crippen LogP contribution is -2.47. The molecule has 4 aliphatic rings. The fourth-order valence-corrected chi connectivity index (χ4v) is 5.95. The number of fused-ring (bicyclic) bond motifs is 2. The van der Waals surface area contributed by atoms with Crippen molar-refractivity contribution in [1.82, 2.24) is 9.80 Å². The Morgan fingerprint density at radius 2 is 2.00 bits per heavy atom. The molecule has 6 nitrogen and oxygen atoms in total. The second-order valence-corrected chi connectivity index (χ2v) is 9.93. The molecule has 1 saturated heterocycles. The summed E-state index contributed by atoms with van der Waals surface area (Å²) in [5, 5.41) is 3.72. The molecule has 3 heterocycles. The van der Waals surface area contributed by atoms with E-state index in [0.29, 0.717) is 24.0 Å². The van der Waals surface area contributed by atoms with Crippen molar-refractivity contribution in [3.8, 4) is 0 Å². The summed E-state index contributed by atoms with van der Waals surface area (Å²) in [4.78, 5) is 29.0. The van der Waals surface area contributed by atoms with Gasteiger partial charge in [-0.15, -0.1) is 0 Å². The topological polar surface area (TPSA) is 61.9 Å². The molecule has 1 spiro atoms. The Balaban J connectivity index is 1.17. The van der Waals surface area contributed by atoms with Crippen molar-refractivity contribution in [2.45, 2.75) is 44.4 Å². The third-order valence-corrected chi connectivity index (χ3v) is 7.80. The lowest BCUT2D eigenvalue weighted by molar-refractivity contribution is -0.129. The largest absolute Gasteiger partial charge is 0.497 e. The highest BCUT2D eigenvalue weighted by atomic mass is 35.5. The number of rotatable bonds is 4. The Kier molecular flexibility index (Phi) is 5.54. The van der Waals surface area contributed by atoms with E-state index in [1.54, 1.807) is 0 Å². The molecule has 1 aliphatic carbocycles. The molecule has 170 valence electrons. The summed E-state index contributed by atoms with van der Waals surface area (Å²) in [7, 11) is 1.88. The van der Waals surface area contributed by atoms with Crippen LogP contribution in [0.3, 0.4) is 0 Å². The fourth-order valence-electron chi connectivity index (χ4n) is 5.78. The monoisotopic (exact) mass is 455 g/mol. The number of nitrogens with one attached hydrogen (secondary N) is 1. The number of carbonyl (C=O) groups excluding carboxylic acids is 2. The van der Waals surface area contributed by atoms with E-state index in [1.807, 2.05) is 30.1 Å². The molecule has 2 amide bonds. The van der Waals surface area contributed by atoms with Crippen LogP contribution in [-0.2, 0) is 19.7 Å². The zero-order chi connectivity index (χ0) is 22.5. The van der Waals surface area contributed by atoms with Crippen LogP contribution in [0.4, 0.5) is 5.69 Å². The minimum Gasteiger partial charge on any atom is -0.497 e. The number of allylic oxidation sites excluding steroid dienone is 4. The van der Waals surface area contributed by atoms with E-state index in [2.05, 4.69) is 23.2 Å². The summed E-state index contributed by atoms with van der Waals surface area (Å²) in [6.07, 6.45) is 5.94. The van der Waals surface area contributed by atoms with Gasteiger partial charge in [0.25, 0.3) is 0 Å². The molecule has 0 bridgehead atoms. The van der Waals surface area contributed by atoms with Crippen LogP contribution in [0.15, 0.2) is 41.3 Å². The Bertz CT molecular complexity index is 1020. The second-order valence-electron chi connectivity index (χ2n) is 9.50. The zero-order valence-corrected chi connectivity index (χ0v) is 19.5. The minimum atomic E-state index is -0.452. The molecule has 1 aromatic rings. The van der Waals surface area contributed by atoms with Gasteiger partial charge in [0.05, 0.1) is 11.2 Å². The molecule has 32 heavy (non-hydrogen) atoms. The summed E-state index contributed by atoms with van der Waals surface area (Å²) in [5.74, 6) is 1.62. The number of benzene rings is 1. The molecule has 1 aromatic carbocycles. The Morgan fingerprint density at radius 1 is 1.22 bits per heavy atom. The Labute approximate surface area is 194 Å². The van der Waals surface area contributed by atoms with Gasteiger partial charge in [-0.2, -0.15) is 0 Å². The summed E-state index contributed by atoms with van der Waals surface area (Å²) in [6.45, 7) is 5.37. The molecule has 3 aliphatic heterocycles. The van der Waals surface area contributed by atoms with Crippen molar-refractivity contribution in [3.63, 3.8) is 0 Å². The van der Waals surface area contributed by atoms with Crippen LogP contribution >= 0.6 is 11.6 Å². The molecule has 1 fully saturated rings. The van der Waals surface area contributed by atoms with Crippen LogP contribution in [0.25, 0.3) is 0 Å². The molecule has 0 radical (unpaired) electrons. The Hall–Kier alpha value is -2.31. The number of hydrogen-bond acceptors (Lipinski definition) is 4. The number of halogens is 1. The number of hydrogen-bond donors (Lipinski definition) is 1. The number of likely N-dealkylation sites (tertiary alicyclic amines) is 1. The average Bonchev–Trinajstić information content (AvgIpc) is 3.03. The number of ether oxygens (including phenoxy) is 1. The second kappa shape index (κ2) is 8.23. The number of carbonyl (C=O) groups is 2. The van der Waals surface area contributed by atoms with E-state index in [1.165, 1.54) is 5.57 Å². The van der Waals surface area contributed by atoms with E-state index in [4.69, 9.17) is 16.3 Å². The van der Waals surface area contributed by atoms with Crippen LogP contribution in [0, 0.1) is 5.92 Å². The third kappa shape index (κ3) is 3.63. The molecular formula is C25H30ClN3O3. The van der Waals surface area contributed by atoms with Crippen LogP contribution in [0.5, 0.6) is 0 Å². The quantitative estimate of drug-likeness (QED) is 0.743. The van der Waals surface area contributed by atoms with Gasteiger partial charge in [-0.25, -0.2) is 0 Å². The number of nitrogens with zero attached hydrogens (tertiary/aromatic N) is 2. The highest BCUT2D eigenvalue weighted by Crippen LogP contribution is 2.45. The van der Waals surface area contributed by atoms with E-state index in [9.17, 15) is 9.59 Å². The van der Waals surface area contributed by atoms with Crippen molar-refractivity contribution < 1.29 is 14.3 Å². The molecule has 7 heteroatoms. The zero-order valence-electron chi connectivity index (χ0n) is 18.7. The van der Waals surface area contributed by atoms with E-state index in [-0.39, 0.29) is 11.8 Å². The van der Waals surface area contributed by atoms with Crippen LogP contribution in [-0.4, -0.2) is 54.9 Å². The van der Waals surface area contributed by atoms with Gasteiger partial charge in [0.1, 0.15) is 6.61 Å². The molecular weight excluding hydrogens is 426 g/mol. The van der Waals surface area contributed by atoms with Crippen molar-refractivity contribution in [1.29, 1.82) is 0 Å². The number of piperidine rings is 1. The molecule has 1 unspecified atom stereocenters. The van der Waals surface area contributed by atoms with Crippen LogP contribution in [0.1, 0.15) is 44.6 Å². The first kappa shape index (κ1) is 21.5. The van der Waals surface area contributed by atoms with Gasteiger partial charge in [-0.3, -0.25) is 14.5 Å². The van der Waals surface area contributed by atoms with Crippen LogP contribution in [0.2, 0.25) is 5.02 Å². The molecule has 5 rings (SSSR count). The first-order chi connectivity index (χ1) is 15.4. The van der Waals surface area contributed by atoms with Crippen molar-refractivity contribution in [2.24, 2.45) is 5.92 Å². The fraction of sp³-hybridized carbons (Fsp3) is 0.520. The highest BCUT2D eigenvalue weighted by Gasteiger charge is 2.48. The van der Waals surface area contributed by atoms with Gasteiger partial charge in [-0.1, -0.05) is 18.5 Å². The lowest BCUT2D eigenvalue weighted by Gasteiger charge is -2.38. The summed E-state index contributed by atoms with van der Waals surface area (Å²) in [6, 6.07) is 5.68. The van der Waals surface area contributed by atoms with Gasteiger partial charge in [0.2, 0.25) is 11.8 Å². The van der Waals surface area contributed by atoms with Crippen LogP contribution < -0.4 is 5.32 Å². The van der Waals surface area contributed by atoms with E-state index >= 15 is 0 Å². The molecule has 1 N–H and O–H groups in total. The maximum atomic E-state index is 12.8. The first-order valence-electron chi connectivity index (χ1n) is 11.5. The average molecular weight is 456 g/mol. The maximum absolute atomic E-state index is 12.8. The van der Waals surface area contributed by atoms with Crippen molar-refractivity contribution in [3.05, 3.63) is 51.9 Å². The predicted molar refractivity (Wildman–Crippen MR) is 124 cm³/mol. The van der Waals surface area contributed by atoms with Gasteiger partial charge in [0.15, 0.2) is 0 Å².